The van der Waals surface area contributed by atoms with E-state index in [1.54, 1.807) is 37.0 Å². The van der Waals surface area contributed by atoms with Gasteiger partial charge >= 0.3 is 11.9 Å². The molecule has 1 aromatic heterocycles. The van der Waals surface area contributed by atoms with Crippen LogP contribution in [0.5, 0.6) is 0 Å². The SMILES string of the molecule is CCOC(=O)C1=C(C)N(c2ccc(C)c(C)c2)C(=O)/C1=C\c1cc(C)n(-c2ccccc2C(=O)OC)c1C. The summed E-state index contributed by atoms with van der Waals surface area (Å²) in [6.07, 6.45) is 1.73. The molecule has 0 bridgehead atoms. The Morgan fingerprint density at radius 3 is 2.29 bits per heavy atom. The molecule has 0 aliphatic carbocycles. The second-order valence-corrected chi connectivity index (χ2v) is 9.32. The van der Waals surface area contributed by atoms with Crippen LogP contribution in [0.2, 0.25) is 0 Å². The van der Waals surface area contributed by atoms with Gasteiger partial charge in [0, 0.05) is 22.8 Å². The third kappa shape index (κ3) is 4.56. The molecule has 1 amide bonds. The molecule has 0 saturated carbocycles. The van der Waals surface area contributed by atoms with Crippen LogP contribution in [0, 0.1) is 27.7 Å². The highest BCUT2D eigenvalue weighted by Gasteiger charge is 2.38. The predicted molar refractivity (Wildman–Crippen MR) is 147 cm³/mol. The maximum atomic E-state index is 13.8. The van der Waals surface area contributed by atoms with Gasteiger partial charge in [-0.25, -0.2) is 9.59 Å². The van der Waals surface area contributed by atoms with Gasteiger partial charge in [-0.05, 0) is 94.6 Å². The number of amides is 1. The van der Waals surface area contributed by atoms with Crippen molar-refractivity contribution in [3.8, 4) is 5.69 Å². The largest absolute Gasteiger partial charge is 0.465 e. The summed E-state index contributed by atoms with van der Waals surface area (Å²) in [5, 5.41) is 0. The smallest absolute Gasteiger partial charge is 0.340 e. The molecule has 0 N–H and O–H groups in total. The number of hydrogen-bond acceptors (Lipinski definition) is 5. The lowest BCUT2D eigenvalue weighted by Crippen LogP contribution is -2.24. The number of rotatable bonds is 6. The first-order chi connectivity index (χ1) is 18.1. The summed E-state index contributed by atoms with van der Waals surface area (Å²) < 4.78 is 12.3. The van der Waals surface area contributed by atoms with Crippen molar-refractivity contribution >= 4 is 29.6 Å². The number of hydrogen-bond donors (Lipinski definition) is 0. The van der Waals surface area contributed by atoms with Gasteiger partial charge < -0.3 is 14.0 Å². The predicted octanol–water partition coefficient (Wildman–Crippen LogP) is 5.76. The van der Waals surface area contributed by atoms with Crippen molar-refractivity contribution in [1.29, 1.82) is 0 Å². The van der Waals surface area contributed by atoms with E-state index in [-0.39, 0.29) is 23.7 Å². The Balaban J connectivity index is 1.87. The Hall–Kier alpha value is -4.39. The number of carbonyl (C=O) groups excluding carboxylic acids is 3. The second-order valence-electron chi connectivity index (χ2n) is 9.32. The Morgan fingerprint density at radius 1 is 0.921 bits per heavy atom. The molecule has 0 fully saturated rings. The van der Waals surface area contributed by atoms with Crippen LogP contribution in [0.3, 0.4) is 0 Å². The van der Waals surface area contributed by atoms with E-state index in [2.05, 4.69) is 0 Å². The van der Waals surface area contributed by atoms with Crippen LogP contribution in [0.15, 0.2) is 65.4 Å². The molecule has 7 nitrogen and oxygen atoms in total. The van der Waals surface area contributed by atoms with Crippen LogP contribution in [0.4, 0.5) is 5.69 Å². The van der Waals surface area contributed by atoms with Gasteiger partial charge in [-0.2, -0.15) is 0 Å². The number of ether oxygens (including phenoxy) is 2. The van der Waals surface area contributed by atoms with Crippen molar-refractivity contribution in [2.45, 2.75) is 41.5 Å². The maximum absolute atomic E-state index is 13.8. The van der Waals surface area contributed by atoms with Crippen LogP contribution in [0.25, 0.3) is 11.8 Å². The van der Waals surface area contributed by atoms with E-state index in [4.69, 9.17) is 9.47 Å². The zero-order valence-electron chi connectivity index (χ0n) is 22.8. The van der Waals surface area contributed by atoms with Gasteiger partial charge in [-0.15, -0.1) is 0 Å². The molecule has 1 aliphatic heterocycles. The molecule has 0 radical (unpaired) electrons. The Kier molecular flexibility index (Phi) is 7.39. The lowest BCUT2D eigenvalue weighted by molar-refractivity contribution is -0.138. The number of para-hydroxylation sites is 1. The van der Waals surface area contributed by atoms with E-state index in [1.807, 2.05) is 68.7 Å². The molecule has 196 valence electrons. The number of methoxy groups -OCH3 is 1. The van der Waals surface area contributed by atoms with Crippen LogP contribution < -0.4 is 4.90 Å². The molecular weight excluding hydrogens is 480 g/mol. The minimum atomic E-state index is -0.541. The molecule has 2 heterocycles. The third-order valence-electron chi connectivity index (χ3n) is 6.95. The number of aryl methyl sites for hydroxylation is 3. The van der Waals surface area contributed by atoms with E-state index in [1.165, 1.54) is 7.11 Å². The third-order valence-corrected chi connectivity index (χ3v) is 6.95. The summed E-state index contributed by atoms with van der Waals surface area (Å²) >= 11 is 0. The van der Waals surface area contributed by atoms with E-state index in [0.717, 1.165) is 28.1 Å². The minimum absolute atomic E-state index is 0.194. The highest BCUT2D eigenvalue weighted by Crippen LogP contribution is 2.37. The molecule has 1 aliphatic rings. The first-order valence-corrected chi connectivity index (χ1v) is 12.5. The highest BCUT2D eigenvalue weighted by molar-refractivity contribution is 6.24. The van der Waals surface area contributed by atoms with Gasteiger partial charge in [0.1, 0.15) is 0 Å². The molecule has 0 spiro atoms. The molecule has 0 atom stereocenters. The number of benzene rings is 2. The first kappa shape index (κ1) is 26.7. The average molecular weight is 513 g/mol. The standard InChI is InChI=1S/C31H32N2O5/c1-8-38-31(36)28-22(6)33(24-14-13-18(2)19(3)15-24)29(34)26(28)17-23-16-20(4)32(21(23)5)27-12-10-9-11-25(27)30(35)37-7/h9-17H,8H2,1-7H3/b26-17-. The molecule has 2 aromatic carbocycles. The monoisotopic (exact) mass is 512 g/mol. The number of esters is 2. The van der Waals surface area contributed by atoms with Crippen molar-refractivity contribution in [3.05, 3.63) is 99.0 Å². The summed E-state index contributed by atoms with van der Waals surface area (Å²) in [4.78, 5) is 40.9. The van der Waals surface area contributed by atoms with E-state index in [0.29, 0.717) is 22.6 Å². The summed E-state index contributed by atoms with van der Waals surface area (Å²) in [7, 11) is 1.35. The van der Waals surface area contributed by atoms with Crippen LogP contribution in [-0.2, 0) is 19.1 Å². The Labute approximate surface area is 223 Å². The molecule has 4 rings (SSSR count). The van der Waals surface area contributed by atoms with Gasteiger partial charge in [0.15, 0.2) is 0 Å². The van der Waals surface area contributed by atoms with Gasteiger partial charge in [0.05, 0.1) is 36.1 Å². The summed E-state index contributed by atoms with van der Waals surface area (Å²) in [6, 6.07) is 14.9. The molecule has 0 saturated heterocycles. The molecule has 7 heteroatoms. The highest BCUT2D eigenvalue weighted by atomic mass is 16.5. The topological polar surface area (TPSA) is 77.8 Å². The van der Waals surface area contributed by atoms with E-state index >= 15 is 0 Å². The van der Waals surface area contributed by atoms with Gasteiger partial charge in [0.2, 0.25) is 0 Å². The van der Waals surface area contributed by atoms with Gasteiger partial charge in [-0.1, -0.05) is 18.2 Å². The Bertz CT molecular complexity index is 1520. The lowest BCUT2D eigenvalue weighted by atomic mass is 10.0. The number of carbonyl (C=O) groups is 3. The summed E-state index contributed by atoms with van der Waals surface area (Å²) in [5.74, 6) is -1.28. The van der Waals surface area contributed by atoms with Crippen molar-refractivity contribution < 1.29 is 23.9 Å². The first-order valence-electron chi connectivity index (χ1n) is 12.5. The normalized spacial score (nSPS) is 14.4. The molecule has 3 aromatic rings. The zero-order chi connectivity index (χ0) is 27.7. The molecule has 0 unspecified atom stereocenters. The van der Waals surface area contributed by atoms with E-state index in [9.17, 15) is 14.4 Å². The molecular formula is C31H32N2O5. The fourth-order valence-electron chi connectivity index (χ4n) is 4.87. The fourth-order valence-corrected chi connectivity index (χ4v) is 4.87. The van der Waals surface area contributed by atoms with Crippen LogP contribution in [0.1, 0.15) is 52.3 Å². The van der Waals surface area contributed by atoms with Crippen molar-refractivity contribution in [2.24, 2.45) is 0 Å². The number of allylic oxidation sites excluding steroid dienone is 1. The van der Waals surface area contributed by atoms with Crippen molar-refractivity contribution in [3.63, 3.8) is 0 Å². The second kappa shape index (κ2) is 10.5. The van der Waals surface area contributed by atoms with Crippen LogP contribution in [-0.4, -0.2) is 36.1 Å². The van der Waals surface area contributed by atoms with Crippen molar-refractivity contribution in [1.82, 2.24) is 4.57 Å². The zero-order valence-corrected chi connectivity index (χ0v) is 22.8. The summed E-state index contributed by atoms with van der Waals surface area (Å²) in [6.45, 7) is 11.5. The number of nitrogens with zero attached hydrogens (tertiary/aromatic N) is 2. The Morgan fingerprint density at radius 2 is 1.63 bits per heavy atom. The average Bonchev–Trinajstić information content (AvgIpc) is 3.31. The van der Waals surface area contributed by atoms with E-state index < -0.39 is 11.9 Å². The van der Waals surface area contributed by atoms with Crippen LogP contribution >= 0.6 is 0 Å². The fraction of sp³-hybridized carbons (Fsp3) is 0.258. The molecule has 38 heavy (non-hydrogen) atoms. The minimum Gasteiger partial charge on any atom is -0.465 e. The number of aromatic nitrogens is 1. The number of anilines is 1. The van der Waals surface area contributed by atoms with Gasteiger partial charge in [0.25, 0.3) is 5.91 Å². The van der Waals surface area contributed by atoms with Gasteiger partial charge in [-0.3, -0.25) is 9.69 Å². The quantitative estimate of drug-likeness (QED) is 0.310. The summed E-state index contributed by atoms with van der Waals surface area (Å²) in [5.41, 5.74) is 7.41. The lowest BCUT2D eigenvalue weighted by Gasteiger charge is -2.19. The van der Waals surface area contributed by atoms with Crippen molar-refractivity contribution in [2.75, 3.05) is 18.6 Å². The maximum Gasteiger partial charge on any atom is 0.340 e.